The third kappa shape index (κ3) is 4.91. The van der Waals surface area contributed by atoms with Crippen LogP contribution in [0.15, 0.2) is 24.3 Å². The number of hydrogen-bond donors (Lipinski definition) is 2. The molecule has 3 N–H and O–H groups in total. The van der Waals surface area contributed by atoms with Gasteiger partial charge in [-0.15, -0.1) is 0 Å². The minimum atomic E-state index is 0.0855. The summed E-state index contributed by atoms with van der Waals surface area (Å²) >= 11 is 0. The highest BCUT2D eigenvalue weighted by molar-refractivity contribution is 5.76. The van der Waals surface area contributed by atoms with Crippen molar-refractivity contribution >= 4 is 11.6 Å². The summed E-state index contributed by atoms with van der Waals surface area (Å²) in [6.07, 6.45) is 4.73. The molecule has 2 rings (SSSR count). The van der Waals surface area contributed by atoms with Gasteiger partial charge in [0.25, 0.3) is 0 Å². The zero-order valence-electron chi connectivity index (χ0n) is 11.2. The number of anilines is 1. The van der Waals surface area contributed by atoms with Crippen LogP contribution in [0.1, 0.15) is 31.2 Å². The Labute approximate surface area is 114 Å². The molecular formula is C15H22N2O2. The van der Waals surface area contributed by atoms with Gasteiger partial charge in [-0.25, -0.2) is 0 Å². The van der Waals surface area contributed by atoms with Crippen LogP contribution in [0.5, 0.6) is 0 Å². The Morgan fingerprint density at radius 3 is 2.79 bits per heavy atom. The minimum absolute atomic E-state index is 0.0855. The zero-order chi connectivity index (χ0) is 13.5. The number of carbonyl (C=O) groups is 1. The van der Waals surface area contributed by atoms with E-state index in [4.69, 9.17) is 10.5 Å². The quantitative estimate of drug-likeness (QED) is 0.796. The highest BCUT2D eigenvalue weighted by atomic mass is 16.5. The number of nitrogens with two attached hydrogens (primary N) is 1. The van der Waals surface area contributed by atoms with Crippen LogP contribution in [-0.4, -0.2) is 25.2 Å². The lowest BCUT2D eigenvalue weighted by atomic mass is 10.1. The summed E-state index contributed by atoms with van der Waals surface area (Å²) in [6.45, 7) is 1.46. The topological polar surface area (TPSA) is 64.3 Å². The molecule has 104 valence electrons. The van der Waals surface area contributed by atoms with E-state index in [1.165, 1.54) is 12.0 Å². The first-order valence-electron chi connectivity index (χ1n) is 6.97. The molecule has 1 heterocycles. The molecule has 4 nitrogen and oxygen atoms in total. The van der Waals surface area contributed by atoms with Gasteiger partial charge in [0, 0.05) is 18.8 Å². The third-order valence-electron chi connectivity index (χ3n) is 3.40. The lowest BCUT2D eigenvalue weighted by Crippen LogP contribution is -2.31. The van der Waals surface area contributed by atoms with E-state index in [-0.39, 0.29) is 12.0 Å². The Kier molecular flexibility index (Phi) is 5.21. The molecule has 1 aliphatic rings. The average Bonchev–Trinajstić information content (AvgIpc) is 2.42. The summed E-state index contributed by atoms with van der Waals surface area (Å²) in [7, 11) is 0. The summed E-state index contributed by atoms with van der Waals surface area (Å²) in [5, 5.41) is 2.94. The van der Waals surface area contributed by atoms with Gasteiger partial charge in [0.1, 0.15) is 0 Å². The van der Waals surface area contributed by atoms with Crippen molar-refractivity contribution in [3.63, 3.8) is 0 Å². The van der Waals surface area contributed by atoms with E-state index in [2.05, 4.69) is 5.32 Å². The molecule has 1 aliphatic heterocycles. The van der Waals surface area contributed by atoms with Gasteiger partial charge in [-0.1, -0.05) is 12.1 Å². The maximum absolute atomic E-state index is 11.7. The highest BCUT2D eigenvalue weighted by Crippen LogP contribution is 2.15. The SMILES string of the molecule is Nc1ccc(CCNC(=O)CC2CCCCO2)cc1. The maximum Gasteiger partial charge on any atom is 0.222 e. The number of rotatable bonds is 5. The van der Waals surface area contributed by atoms with Crippen LogP contribution in [-0.2, 0) is 16.0 Å². The fourth-order valence-electron chi connectivity index (χ4n) is 2.28. The molecule has 0 aromatic heterocycles. The van der Waals surface area contributed by atoms with Gasteiger partial charge in [0.05, 0.1) is 12.5 Å². The van der Waals surface area contributed by atoms with Gasteiger partial charge in [-0.2, -0.15) is 0 Å². The average molecular weight is 262 g/mol. The Morgan fingerprint density at radius 1 is 1.32 bits per heavy atom. The lowest BCUT2D eigenvalue weighted by Gasteiger charge is -2.21. The Morgan fingerprint density at radius 2 is 2.11 bits per heavy atom. The molecule has 0 aliphatic carbocycles. The molecule has 0 spiro atoms. The van der Waals surface area contributed by atoms with Crippen molar-refractivity contribution < 1.29 is 9.53 Å². The monoisotopic (exact) mass is 262 g/mol. The Bertz CT molecular complexity index is 397. The number of amides is 1. The standard InChI is InChI=1S/C15H22N2O2/c16-13-6-4-12(5-7-13)8-9-17-15(18)11-14-3-1-2-10-19-14/h4-7,14H,1-3,8-11,16H2,(H,17,18). The predicted octanol–water partition coefficient (Wildman–Crippen LogP) is 1.89. The molecule has 1 aromatic carbocycles. The normalized spacial score (nSPS) is 19.1. The van der Waals surface area contributed by atoms with Crippen LogP contribution in [0.25, 0.3) is 0 Å². The van der Waals surface area contributed by atoms with Crippen molar-refractivity contribution in [3.8, 4) is 0 Å². The summed E-state index contributed by atoms with van der Waals surface area (Å²) in [6, 6.07) is 7.75. The van der Waals surface area contributed by atoms with Gasteiger partial charge in [0.2, 0.25) is 5.91 Å². The molecular weight excluding hydrogens is 240 g/mol. The number of benzene rings is 1. The number of nitrogens with one attached hydrogen (secondary N) is 1. The Balaban J connectivity index is 1.64. The van der Waals surface area contributed by atoms with Gasteiger partial charge < -0.3 is 15.8 Å². The van der Waals surface area contributed by atoms with E-state index in [1.54, 1.807) is 0 Å². The predicted molar refractivity (Wildman–Crippen MR) is 75.8 cm³/mol. The van der Waals surface area contributed by atoms with Crippen LogP contribution in [0, 0.1) is 0 Å². The molecule has 1 aromatic rings. The molecule has 0 saturated carbocycles. The second-order valence-corrected chi connectivity index (χ2v) is 5.03. The van der Waals surface area contributed by atoms with E-state index < -0.39 is 0 Å². The number of ether oxygens (including phenoxy) is 1. The van der Waals surface area contributed by atoms with Crippen molar-refractivity contribution in [1.29, 1.82) is 0 Å². The number of carbonyl (C=O) groups excluding carboxylic acids is 1. The summed E-state index contributed by atoms with van der Waals surface area (Å²) in [4.78, 5) is 11.7. The van der Waals surface area contributed by atoms with E-state index in [0.29, 0.717) is 13.0 Å². The van der Waals surface area contributed by atoms with Crippen molar-refractivity contribution in [2.75, 3.05) is 18.9 Å². The molecule has 4 heteroatoms. The molecule has 0 bridgehead atoms. The Hall–Kier alpha value is -1.55. The van der Waals surface area contributed by atoms with Crippen molar-refractivity contribution in [2.45, 2.75) is 38.2 Å². The first kappa shape index (κ1) is 13.9. The minimum Gasteiger partial charge on any atom is -0.399 e. The summed E-state index contributed by atoms with van der Waals surface area (Å²) in [5.41, 5.74) is 7.57. The fourth-order valence-corrected chi connectivity index (χ4v) is 2.28. The maximum atomic E-state index is 11.7. The lowest BCUT2D eigenvalue weighted by molar-refractivity contribution is -0.124. The van der Waals surface area contributed by atoms with E-state index in [1.807, 2.05) is 24.3 Å². The molecule has 1 unspecified atom stereocenters. The summed E-state index contributed by atoms with van der Waals surface area (Å²) in [5.74, 6) is 0.0855. The van der Waals surface area contributed by atoms with E-state index in [0.717, 1.165) is 31.6 Å². The van der Waals surface area contributed by atoms with Crippen molar-refractivity contribution in [1.82, 2.24) is 5.32 Å². The smallest absolute Gasteiger partial charge is 0.222 e. The second kappa shape index (κ2) is 7.14. The third-order valence-corrected chi connectivity index (χ3v) is 3.40. The zero-order valence-corrected chi connectivity index (χ0v) is 11.2. The largest absolute Gasteiger partial charge is 0.399 e. The molecule has 1 atom stereocenters. The van der Waals surface area contributed by atoms with Gasteiger partial charge in [-0.3, -0.25) is 4.79 Å². The molecule has 1 amide bonds. The summed E-state index contributed by atoms with van der Waals surface area (Å²) < 4.78 is 5.55. The van der Waals surface area contributed by atoms with Crippen LogP contribution < -0.4 is 11.1 Å². The van der Waals surface area contributed by atoms with Crippen LogP contribution in [0.3, 0.4) is 0 Å². The van der Waals surface area contributed by atoms with Crippen molar-refractivity contribution in [3.05, 3.63) is 29.8 Å². The van der Waals surface area contributed by atoms with Gasteiger partial charge in [-0.05, 0) is 43.4 Å². The van der Waals surface area contributed by atoms with Crippen molar-refractivity contribution in [2.24, 2.45) is 0 Å². The molecule has 1 fully saturated rings. The first-order chi connectivity index (χ1) is 9.24. The highest BCUT2D eigenvalue weighted by Gasteiger charge is 2.17. The first-order valence-corrected chi connectivity index (χ1v) is 6.97. The molecule has 19 heavy (non-hydrogen) atoms. The van der Waals surface area contributed by atoms with Crippen LogP contribution >= 0.6 is 0 Å². The molecule has 1 saturated heterocycles. The number of nitrogen functional groups attached to an aromatic ring is 1. The van der Waals surface area contributed by atoms with E-state index >= 15 is 0 Å². The number of hydrogen-bond acceptors (Lipinski definition) is 3. The van der Waals surface area contributed by atoms with Gasteiger partial charge >= 0.3 is 0 Å². The van der Waals surface area contributed by atoms with Gasteiger partial charge in [0.15, 0.2) is 0 Å². The molecule has 0 radical (unpaired) electrons. The van der Waals surface area contributed by atoms with E-state index in [9.17, 15) is 4.79 Å². The van der Waals surface area contributed by atoms with Crippen LogP contribution in [0.4, 0.5) is 5.69 Å². The van der Waals surface area contributed by atoms with Crippen LogP contribution in [0.2, 0.25) is 0 Å². The second-order valence-electron chi connectivity index (χ2n) is 5.03. The fraction of sp³-hybridized carbons (Fsp3) is 0.533.